The average molecular weight is 206 g/mol. The van der Waals surface area contributed by atoms with Gasteiger partial charge in [0, 0.05) is 12.4 Å². The Morgan fingerprint density at radius 2 is 1.47 bits per heavy atom. The predicted molar refractivity (Wildman–Crippen MR) is 46.9 cm³/mol. The highest BCUT2D eigenvalue weighted by atomic mass is 16.6. The van der Waals surface area contributed by atoms with Gasteiger partial charge in [0.15, 0.2) is 0 Å². The van der Waals surface area contributed by atoms with Gasteiger partial charge in [-0.25, -0.2) is 9.59 Å². The van der Waals surface area contributed by atoms with E-state index in [1.54, 1.807) is 0 Å². The minimum Gasteiger partial charge on any atom is -0.383 e. The fraction of sp³-hybridized carbons (Fsp3) is 0. The molecule has 0 saturated heterocycles. The molecule has 76 valence electrons. The molecule has 0 aliphatic rings. The molecule has 0 aliphatic heterocycles. The van der Waals surface area contributed by atoms with Gasteiger partial charge in [-0.05, 0) is 12.1 Å². The number of nitrogens with one attached hydrogen (secondary N) is 2. The van der Waals surface area contributed by atoms with E-state index in [1.165, 1.54) is 24.5 Å². The molecule has 0 saturated carbocycles. The summed E-state index contributed by atoms with van der Waals surface area (Å²) in [6.45, 7) is 0. The predicted octanol–water partition coefficient (Wildman–Crippen LogP) is 0.130. The second kappa shape index (κ2) is 3.74. The third-order valence-corrected chi connectivity index (χ3v) is 1.63. The summed E-state index contributed by atoms with van der Waals surface area (Å²) in [7, 11) is 0. The van der Waals surface area contributed by atoms with Crippen LogP contribution in [0.4, 0.5) is 0 Å². The lowest BCUT2D eigenvalue weighted by atomic mass is 10.4. The zero-order valence-corrected chi connectivity index (χ0v) is 7.43. The molecular formula is C8H6N4O3. The number of H-pyrrole nitrogens is 2. The van der Waals surface area contributed by atoms with Crippen LogP contribution in [0, 0.1) is 0 Å². The van der Waals surface area contributed by atoms with E-state index in [9.17, 15) is 9.59 Å². The summed E-state index contributed by atoms with van der Waals surface area (Å²) in [5.74, 6) is -1.57. The van der Waals surface area contributed by atoms with Crippen molar-refractivity contribution in [1.82, 2.24) is 20.4 Å². The Morgan fingerprint density at radius 3 is 1.80 bits per heavy atom. The molecule has 0 amide bonds. The van der Waals surface area contributed by atoms with E-state index < -0.39 is 11.9 Å². The molecule has 0 radical (unpaired) electrons. The first-order valence-corrected chi connectivity index (χ1v) is 4.02. The summed E-state index contributed by atoms with van der Waals surface area (Å²) in [6, 6.07) is 2.81. The zero-order chi connectivity index (χ0) is 10.7. The Morgan fingerprint density at radius 1 is 1.00 bits per heavy atom. The van der Waals surface area contributed by atoms with E-state index in [1.807, 2.05) is 0 Å². The van der Waals surface area contributed by atoms with Crippen molar-refractivity contribution in [2.45, 2.75) is 0 Å². The lowest BCUT2D eigenvalue weighted by Gasteiger charge is -1.97. The summed E-state index contributed by atoms with van der Waals surface area (Å²) in [5.41, 5.74) is 0.228. The number of ether oxygens (including phenoxy) is 1. The van der Waals surface area contributed by atoms with Gasteiger partial charge in [0.2, 0.25) is 0 Å². The van der Waals surface area contributed by atoms with Crippen molar-refractivity contribution < 1.29 is 14.3 Å². The van der Waals surface area contributed by atoms with Gasteiger partial charge in [-0.2, -0.15) is 10.2 Å². The lowest BCUT2D eigenvalue weighted by molar-refractivity contribution is 0.0389. The van der Waals surface area contributed by atoms with E-state index in [-0.39, 0.29) is 11.4 Å². The standard InChI is InChI=1S/C8H6N4O3/c13-7(5-1-3-9-11-5)15-8(14)6-2-4-10-12-6/h1-4H,(H,9,11)(H,10,12). The summed E-state index contributed by atoms with van der Waals surface area (Å²) in [6.07, 6.45) is 2.77. The molecule has 0 spiro atoms. The first kappa shape index (κ1) is 9.13. The topological polar surface area (TPSA) is 101 Å². The first-order chi connectivity index (χ1) is 7.27. The molecule has 2 aromatic rings. The third kappa shape index (κ3) is 1.90. The number of hydrogen-bond acceptors (Lipinski definition) is 5. The Labute approximate surface area is 83.4 Å². The van der Waals surface area contributed by atoms with Crippen molar-refractivity contribution in [1.29, 1.82) is 0 Å². The Balaban J connectivity index is 2.04. The highest BCUT2D eigenvalue weighted by Crippen LogP contribution is 2.00. The number of rotatable bonds is 2. The molecule has 2 rings (SSSR count). The van der Waals surface area contributed by atoms with Crippen LogP contribution in [0.15, 0.2) is 24.5 Å². The van der Waals surface area contributed by atoms with Crippen molar-refractivity contribution in [2.75, 3.05) is 0 Å². The molecule has 0 bridgehead atoms. The molecular weight excluding hydrogens is 200 g/mol. The number of carbonyl (C=O) groups excluding carboxylic acids is 2. The van der Waals surface area contributed by atoms with Gasteiger partial charge in [0.1, 0.15) is 11.4 Å². The highest BCUT2D eigenvalue weighted by Gasteiger charge is 2.16. The summed E-state index contributed by atoms with van der Waals surface area (Å²) in [5, 5.41) is 11.9. The second-order valence-corrected chi connectivity index (χ2v) is 2.62. The monoisotopic (exact) mass is 206 g/mol. The van der Waals surface area contributed by atoms with E-state index >= 15 is 0 Å². The van der Waals surface area contributed by atoms with Crippen LogP contribution in [0.1, 0.15) is 21.0 Å². The lowest BCUT2D eigenvalue weighted by Crippen LogP contribution is -2.13. The first-order valence-electron chi connectivity index (χ1n) is 4.02. The quantitative estimate of drug-likeness (QED) is 0.537. The number of aromatic nitrogens is 4. The van der Waals surface area contributed by atoms with E-state index in [0.717, 1.165) is 0 Å². The molecule has 0 aromatic carbocycles. The molecule has 7 heteroatoms. The van der Waals surface area contributed by atoms with E-state index in [2.05, 4.69) is 25.1 Å². The van der Waals surface area contributed by atoms with Crippen molar-refractivity contribution in [3.05, 3.63) is 35.9 Å². The average Bonchev–Trinajstić information content (AvgIpc) is 2.91. The largest absolute Gasteiger partial charge is 0.383 e. The maximum atomic E-state index is 11.3. The highest BCUT2D eigenvalue weighted by molar-refractivity contribution is 6.00. The molecule has 2 aromatic heterocycles. The van der Waals surface area contributed by atoms with Crippen LogP contribution < -0.4 is 0 Å². The van der Waals surface area contributed by atoms with Gasteiger partial charge in [-0.15, -0.1) is 0 Å². The molecule has 2 heterocycles. The number of carbonyl (C=O) groups is 2. The van der Waals surface area contributed by atoms with Crippen molar-refractivity contribution in [2.24, 2.45) is 0 Å². The minimum atomic E-state index is -0.785. The van der Waals surface area contributed by atoms with Crippen molar-refractivity contribution in [3.8, 4) is 0 Å². The van der Waals surface area contributed by atoms with Crippen LogP contribution >= 0.6 is 0 Å². The van der Waals surface area contributed by atoms with Crippen LogP contribution in [0.2, 0.25) is 0 Å². The Kier molecular flexibility index (Phi) is 2.28. The van der Waals surface area contributed by atoms with Crippen LogP contribution in [0.3, 0.4) is 0 Å². The van der Waals surface area contributed by atoms with Gasteiger partial charge < -0.3 is 4.74 Å². The normalized spacial score (nSPS) is 9.87. The molecule has 0 unspecified atom stereocenters. The third-order valence-electron chi connectivity index (χ3n) is 1.63. The molecule has 0 atom stereocenters. The molecule has 2 N–H and O–H groups in total. The minimum absolute atomic E-state index is 0.114. The maximum absolute atomic E-state index is 11.3. The Hall–Kier alpha value is -2.44. The molecule has 7 nitrogen and oxygen atoms in total. The van der Waals surface area contributed by atoms with Gasteiger partial charge in [-0.3, -0.25) is 10.2 Å². The summed E-state index contributed by atoms with van der Waals surface area (Å²) in [4.78, 5) is 22.5. The SMILES string of the molecule is O=C(OC(=O)c1ccn[nH]1)c1ccn[nH]1. The summed E-state index contributed by atoms with van der Waals surface area (Å²) < 4.78 is 4.52. The van der Waals surface area contributed by atoms with Gasteiger partial charge in [0.05, 0.1) is 0 Å². The van der Waals surface area contributed by atoms with E-state index in [0.29, 0.717) is 0 Å². The number of nitrogens with zero attached hydrogens (tertiary/aromatic N) is 2. The van der Waals surface area contributed by atoms with Gasteiger partial charge in [-0.1, -0.05) is 0 Å². The smallest absolute Gasteiger partial charge is 0.364 e. The van der Waals surface area contributed by atoms with Crippen LogP contribution in [0.5, 0.6) is 0 Å². The fourth-order valence-corrected chi connectivity index (χ4v) is 0.933. The second-order valence-electron chi connectivity index (χ2n) is 2.62. The maximum Gasteiger partial charge on any atom is 0.364 e. The van der Waals surface area contributed by atoms with Gasteiger partial charge in [0.25, 0.3) is 0 Å². The molecule has 0 fully saturated rings. The molecule has 0 aliphatic carbocycles. The van der Waals surface area contributed by atoms with Gasteiger partial charge >= 0.3 is 11.9 Å². The molecule has 15 heavy (non-hydrogen) atoms. The van der Waals surface area contributed by atoms with E-state index in [4.69, 9.17) is 0 Å². The zero-order valence-electron chi connectivity index (χ0n) is 7.43. The fourth-order valence-electron chi connectivity index (χ4n) is 0.933. The number of hydrogen-bond donors (Lipinski definition) is 2. The number of esters is 2. The van der Waals surface area contributed by atoms with Crippen molar-refractivity contribution in [3.63, 3.8) is 0 Å². The van der Waals surface area contributed by atoms with Crippen LogP contribution in [-0.2, 0) is 4.74 Å². The van der Waals surface area contributed by atoms with Crippen molar-refractivity contribution >= 4 is 11.9 Å². The number of aromatic amines is 2. The van der Waals surface area contributed by atoms with Crippen LogP contribution in [-0.4, -0.2) is 32.3 Å². The Bertz CT molecular complexity index is 416. The summed E-state index contributed by atoms with van der Waals surface area (Å²) >= 11 is 0. The van der Waals surface area contributed by atoms with Crippen LogP contribution in [0.25, 0.3) is 0 Å².